The van der Waals surface area contributed by atoms with Gasteiger partial charge in [0.15, 0.2) is 5.78 Å². The Balaban J connectivity index is 1.89. The first kappa shape index (κ1) is 17.5. The van der Waals surface area contributed by atoms with Gasteiger partial charge in [0.1, 0.15) is 0 Å². The van der Waals surface area contributed by atoms with Gasteiger partial charge in [-0.1, -0.05) is 25.4 Å². The van der Waals surface area contributed by atoms with E-state index in [0.717, 1.165) is 22.5 Å². The number of benzene rings is 1. The number of rotatable bonds is 2. The minimum Gasteiger partial charge on any atom is -0.294 e. The lowest BCUT2D eigenvalue weighted by Gasteiger charge is -2.42. The minimum atomic E-state index is -0.155. The lowest BCUT2D eigenvalue weighted by atomic mass is 9.69. The van der Waals surface area contributed by atoms with Crippen LogP contribution >= 0.6 is 22.9 Å². The lowest BCUT2D eigenvalue weighted by Crippen LogP contribution is -2.43. The van der Waals surface area contributed by atoms with Crippen molar-refractivity contribution in [3.63, 3.8) is 0 Å². The molecule has 0 saturated heterocycles. The molecule has 0 fully saturated rings. The van der Waals surface area contributed by atoms with Crippen molar-refractivity contribution < 1.29 is 9.59 Å². The number of hydrogen-bond donors (Lipinski definition) is 0. The Labute approximate surface area is 162 Å². The monoisotopic (exact) mass is 385 g/mol. The molecule has 1 aliphatic carbocycles. The molecule has 5 heteroatoms. The van der Waals surface area contributed by atoms with Crippen molar-refractivity contribution in [1.82, 2.24) is 0 Å². The number of carbonyl (C=O) groups excluding carboxylic acids is 2. The summed E-state index contributed by atoms with van der Waals surface area (Å²) in [5.41, 5.74) is 3.37. The zero-order chi connectivity index (χ0) is 18.5. The third-order valence-corrected chi connectivity index (χ3v) is 6.13. The number of ketones is 1. The number of amides is 1. The summed E-state index contributed by atoms with van der Waals surface area (Å²) in [4.78, 5) is 27.9. The summed E-state index contributed by atoms with van der Waals surface area (Å²) in [6.07, 6.45) is 1.56. The smallest absolute Gasteiger partial charge is 0.232 e. The molecule has 0 spiro atoms. The summed E-state index contributed by atoms with van der Waals surface area (Å²) < 4.78 is 0. The van der Waals surface area contributed by atoms with E-state index >= 15 is 0 Å². The second-order valence-electron chi connectivity index (χ2n) is 7.82. The van der Waals surface area contributed by atoms with Crippen LogP contribution in [-0.4, -0.2) is 11.7 Å². The highest BCUT2D eigenvalue weighted by Crippen LogP contribution is 2.48. The molecule has 2 aromatic rings. The number of thiophene rings is 1. The highest BCUT2D eigenvalue weighted by atomic mass is 35.5. The van der Waals surface area contributed by atoms with E-state index in [1.165, 1.54) is 0 Å². The van der Waals surface area contributed by atoms with E-state index in [1.54, 1.807) is 28.4 Å². The molecule has 1 aromatic heterocycles. The van der Waals surface area contributed by atoms with Crippen LogP contribution in [0.25, 0.3) is 0 Å². The third-order valence-electron chi connectivity index (χ3n) is 5.17. The first-order chi connectivity index (χ1) is 12.4. The van der Waals surface area contributed by atoms with Gasteiger partial charge in [0, 0.05) is 40.7 Å². The summed E-state index contributed by atoms with van der Waals surface area (Å²) in [6.45, 7) is 4.18. The lowest BCUT2D eigenvalue weighted by molar-refractivity contribution is -0.121. The van der Waals surface area contributed by atoms with Crippen LogP contribution in [0, 0.1) is 5.41 Å². The predicted octanol–water partition coefficient (Wildman–Crippen LogP) is 5.57. The molecule has 1 aliphatic heterocycles. The van der Waals surface area contributed by atoms with Gasteiger partial charge in [0.25, 0.3) is 0 Å². The first-order valence-electron chi connectivity index (χ1n) is 8.72. The number of hydrogen-bond acceptors (Lipinski definition) is 3. The fourth-order valence-electron chi connectivity index (χ4n) is 4.06. The van der Waals surface area contributed by atoms with Crippen molar-refractivity contribution >= 4 is 40.3 Å². The molecule has 0 radical (unpaired) electrons. The van der Waals surface area contributed by atoms with Crippen molar-refractivity contribution in [3.8, 4) is 0 Å². The van der Waals surface area contributed by atoms with Crippen molar-refractivity contribution in [1.29, 1.82) is 0 Å². The summed E-state index contributed by atoms with van der Waals surface area (Å²) in [5.74, 6) is 0.0718. The topological polar surface area (TPSA) is 37.4 Å². The molecule has 3 nitrogen and oxygen atoms in total. The van der Waals surface area contributed by atoms with Gasteiger partial charge in [0.2, 0.25) is 5.91 Å². The molecule has 134 valence electrons. The normalized spacial score (nSPS) is 22.6. The highest BCUT2D eigenvalue weighted by Gasteiger charge is 2.44. The zero-order valence-electron chi connectivity index (χ0n) is 14.8. The Morgan fingerprint density at radius 3 is 2.50 bits per heavy atom. The molecule has 1 aromatic carbocycles. The summed E-state index contributed by atoms with van der Waals surface area (Å²) in [7, 11) is 0. The van der Waals surface area contributed by atoms with Crippen LogP contribution in [-0.2, 0) is 9.59 Å². The van der Waals surface area contributed by atoms with Crippen molar-refractivity contribution in [2.45, 2.75) is 39.0 Å². The molecule has 4 rings (SSSR count). The third kappa shape index (κ3) is 3.01. The predicted molar refractivity (Wildman–Crippen MR) is 106 cm³/mol. The molecule has 0 saturated carbocycles. The number of allylic oxidation sites excluding steroid dienone is 2. The number of nitrogens with zero attached hydrogens (tertiary/aromatic N) is 1. The number of carbonyl (C=O) groups is 2. The molecule has 2 heterocycles. The molecular weight excluding hydrogens is 366 g/mol. The van der Waals surface area contributed by atoms with Gasteiger partial charge in [-0.05, 0) is 58.5 Å². The molecule has 26 heavy (non-hydrogen) atoms. The Hall–Kier alpha value is -1.91. The van der Waals surface area contributed by atoms with Crippen LogP contribution in [0.1, 0.15) is 44.6 Å². The fourth-order valence-corrected chi connectivity index (χ4v) is 4.90. The van der Waals surface area contributed by atoms with E-state index in [4.69, 9.17) is 11.6 Å². The van der Waals surface area contributed by atoms with Crippen LogP contribution in [0.2, 0.25) is 5.02 Å². The van der Waals surface area contributed by atoms with Gasteiger partial charge in [-0.15, -0.1) is 0 Å². The Kier molecular flexibility index (Phi) is 4.28. The van der Waals surface area contributed by atoms with E-state index in [9.17, 15) is 9.59 Å². The SMILES string of the molecule is CC1(C)CC(=O)C2=C(C1)N(c1ccc(Cl)cc1)C(=O)C[C@H]2c1ccsc1. The van der Waals surface area contributed by atoms with Crippen LogP contribution in [0.5, 0.6) is 0 Å². The Morgan fingerprint density at radius 1 is 1.12 bits per heavy atom. The molecule has 1 amide bonds. The molecular formula is C21H20ClNO2S. The second-order valence-corrected chi connectivity index (χ2v) is 9.04. The fraction of sp³-hybridized carbons (Fsp3) is 0.333. The van der Waals surface area contributed by atoms with Crippen molar-refractivity contribution in [2.75, 3.05) is 4.90 Å². The average Bonchev–Trinajstić information content (AvgIpc) is 3.08. The van der Waals surface area contributed by atoms with Gasteiger partial charge in [-0.3, -0.25) is 14.5 Å². The quantitative estimate of drug-likeness (QED) is 0.678. The Morgan fingerprint density at radius 2 is 1.85 bits per heavy atom. The molecule has 0 N–H and O–H groups in total. The standard InChI is InChI=1S/C21H20ClNO2S/c1-21(2)10-17-20(18(24)11-21)16(13-7-8-26-12-13)9-19(25)23(17)15-5-3-14(22)4-6-15/h3-8,12,16H,9-11H2,1-2H3/t16-/m0/s1. The molecule has 0 unspecified atom stereocenters. The molecule has 2 aliphatic rings. The number of anilines is 1. The zero-order valence-corrected chi connectivity index (χ0v) is 16.4. The maximum absolute atomic E-state index is 13.1. The van der Waals surface area contributed by atoms with Gasteiger partial charge < -0.3 is 0 Å². The minimum absolute atomic E-state index is 0.0350. The van der Waals surface area contributed by atoms with Gasteiger partial charge in [0.05, 0.1) is 0 Å². The first-order valence-corrected chi connectivity index (χ1v) is 10.0. The molecule has 1 atom stereocenters. The van der Waals surface area contributed by atoms with Crippen LogP contribution < -0.4 is 4.90 Å². The average molecular weight is 386 g/mol. The summed E-state index contributed by atoms with van der Waals surface area (Å²) >= 11 is 7.62. The van der Waals surface area contributed by atoms with E-state index < -0.39 is 0 Å². The largest absolute Gasteiger partial charge is 0.294 e. The van der Waals surface area contributed by atoms with Gasteiger partial charge >= 0.3 is 0 Å². The van der Waals surface area contributed by atoms with E-state index in [0.29, 0.717) is 24.3 Å². The van der Waals surface area contributed by atoms with Crippen LogP contribution in [0.4, 0.5) is 5.69 Å². The maximum atomic E-state index is 13.1. The molecule has 0 bridgehead atoms. The van der Waals surface area contributed by atoms with Crippen LogP contribution in [0.15, 0.2) is 52.4 Å². The summed E-state index contributed by atoms with van der Waals surface area (Å²) in [6, 6.07) is 9.29. The van der Waals surface area contributed by atoms with Crippen molar-refractivity contribution in [2.24, 2.45) is 5.41 Å². The van der Waals surface area contributed by atoms with Crippen LogP contribution in [0.3, 0.4) is 0 Å². The maximum Gasteiger partial charge on any atom is 0.232 e. The number of Topliss-reactive ketones (excluding diaryl/α,β-unsaturated/α-hetero) is 1. The van der Waals surface area contributed by atoms with E-state index in [2.05, 4.69) is 13.8 Å². The summed E-state index contributed by atoms with van der Waals surface area (Å²) in [5, 5.41) is 4.68. The second kappa shape index (κ2) is 6.36. The van der Waals surface area contributed by atoms with Gasteiger partial charge in [-0.2, -0.15) is 11.3 Å². The van der Waals surface area contributed by atoms with E-state index in [-0.39, 0.29) is 23.0 Å². The van der Waals surface area contributed by atoms with Crippen molar-refractivity contribution in [3.05, 3.63) is 62.9 Å². The highest BCUT2D eigenvalue weighted by molar-refractivity contribution is 7.08. The van der Waals surface area contributed by atoms with E-state index in [1.807, 2.05) is 29.0 Å². The number of halogens is 1. The van der Waals surface area contributed by atoms with Gasteiger partial charge in [-0.25, -0.2) is 0 Å². The Bertz CT molecular complexity index is 897.